The summed E-state index contributed by atoms with van der Waals surface area (Å²) in [5.41, 5.74) is 0. The van der Waals surface area contributed by atoms with Crippen molar-refractivity contribution in [3.63, 3.8) is 0 Å². The van der Waals surface area contributed by atoms with Crippen LogP contribution >= 0.6 is 24.0 Å². The standard InChI is InChI=1S/C17H35N5O2.HI/c1-15(22-11-6-5-7-12-22)8-9-18-17(19-10-13-24-4)20-14-16(23)21(2)3;/h15H,5-14H2,1-4H3,(H2,18,19,20);1H. The molecule has 1 atom stereocenters. The number of likely N-dealkylation sites (tertiary alicyclic amines) is 1. The molecule has 25 heavy (non-hydrogen) atoms. The number of hydrogen-bond donors (Lipinski definition) is 2. The van der Waals surface area contributed by atoms with Gasteiger partial charge >= 0.3 is 0 Å². The molecule has 8 heteroatoms. The van der Waals surface area contributed by atoms with Crippen molar-refractivity contribution in [2.75, 3.05) is 60.5 Å². The van der Waals surface area contributed by atoms with Crippen LogP contribution in [0.3, 0.4) is 0 Å². The molecular formula is C17H36IN5O2. The number of hydrogen-bond acceptors (Lipinski definition) is 4. The van der Waals surface area contributed by atoms with Crippen molar-refractivity contribution in [2.45, 2.75) is 38.6 Å². The Kier molecular flexibility index (Phi) is 14.2. The van der Waals surface area contributed by atoms with E-state index in [2.05, 4.69) is 27.4 Å². The quantitative estimate of drug-likeness (QED) is 0.230. The Hall–Kier alpha value is -0.610. The minimum atomic E-state index is -0.00970. The van der Waals surface area contributed by atoms with Crippen molar-refractivity contribution in [1.82, 2.24) is 20.4 Å². The molecule has 148 valence electrons. The number of halogens is 1. The van der Waals surface area contributed by atoms with Gasteiger partial charge in [-0.3, -0.25) is 4.79 Å². The molecular weight excluding hydrogens is 433 g/mol. The molecule has 0 aromatic carbocycles. The second-order valence-corrected chi connectivity index (χ2v) is 6.53. The lowest BCUT2D eigenvalue weighted by Crippen LogP contribution is -2.43. The molecule has 1 unspecified atom stereocenters. The van der Waals surface area contributed by atoms with Crippen LogP contribution in [0.2, 0.25) is 0 Å². The number of likely N-dealkylation sites (N-methyl/N-ethyl adjacent to an activating group) is 1. The fraction of sp³-hybridized carbons (Fsp3) is 0.882. The summed E-state index contributed by atoms with van der Waals surface area (Å²) in [5.74, 6) is 0.664. The van der Waals surface area contributed by atoms with E-state index < -0.39 is 0 Å². The minimum Gasteiger partial charge on any atom is -0.383 e. The normalized spacial score (nSPS) is 16.7. The van der Waals surface area contributed by atoms with E-state index in [0.29, 0.717) is 25.2 Å². The van der Waals surface area contributed by atoms with Gasteiger partial charge in [0.1, 0.15) is 6.54 Å². The summed E-state index contributed by atoms with van der Waals surface area (Å²) in [5, 5.41) is 6.53. The van der Waals surface area contributed by atoms with Crippen molar-refractivity contribution in [2.24, 2.45) is 4.99 Å². The molecule has 0 bridgehead atoms. The smallest absolute Gasteiger partial charge is 0.243 e. The van der Waals surface area contributed by atoms with Gasteiger partial charge < -0.3 is 25.2 Å². The third-order valence-corrected chi connectivity index (χ3v) is 4.34. The van der Waals surface area contributed by atoms with Crippen molar-refractivity contribution in [3.05, 3.63) is 0 Å². The van der Waals surface area contributed by atoms with E-state index in [-0.39, 0.29) is 36.4 Å². The summed E-state index contributed by atoms with van der Waals surface area (Å²) in [6.07, 6.45) is 5.06. The Labute approximate surface area is 170 Å². The average molecular weight is 469 g/mol. The minimum absolute atomic E-state index is 0. The molecule has 1 heterocycles. The monoisotopic (exact) mass is 469 g/mol. The highest BCUT2D eigenvalue weighted by molar-refractivity contribution is 14.0. The van der Waals surface area contributed by atoms with E-state index in [1.165, 1.54) is 32.4 Å². The molecule has 1 amide bonds. The number of aliphatic imine (C=N–C) groups is 1. The average Bonchev–Trinajstić information content (AvgIpc) is 2.59. The van der Waals surface area contributed by atoms with E-state index >= 15 is 0 Å². The lowest BCUT2D eigenvalue weighted by molar-refractivity contribution is -0.127. The van der Waals surface area contributed by atoms with E-state index in [1.54, 1.807) is 26.1 Å². The largest absolute Gasteiger partial charge is 0.383 e. The zero-order valence-corrected chi connectivity index (χ0v) is 18.5. The van der Waals surface area contributed by atoms with E-state index in [9.17, 15) is 4.79 Å². The Bertz CT molecular complexity index is 387. The zero-order chi connectivity index (χ0) is 17.8. The molecule has 0 saturated carbocycles. The van der Waals surface area contributed by atoms with Crippen LogP contribution in [0, 0.1) is 0 Å². The SMILES string of the molecule is COCCNC(=NCC(=O)N(C)C)NCCC(C)N1CCCCC1.I. The second-order valence-electron chi connectivity index (χ2n) is 6.53. The van der Waals surface area contributed by atoms with E-state index in [0.717, 1.165) is 13.0 Å². The molecule has 0 spiro atoms. The van der Waals surface area contributed by atoms with Gasteiger partial charge in [-0.15, -0.1) is 24.0 Å². The fourth-order valence-corrected chi connectivity index (χ4v) is 2.68. The maximum absolute atomic E-state index is 11.7. The molecule has 0 aliphatic carbocycles. The number of amides is 1. The van der Waals surface area contributed by atoms with Gasteiger partial charge in [0.25, 0.3) is 0 Å². The van der Waals surface area contributed by atoms with Crippen LogP contribution in [0.5, 0.6) is 0 Å². The van der Waals surface area contributed by atoms with Crippen molar-refractivity contribution in [3.8, 4) is 0 Å². The Morgan fingerprint density at radius 3 is 2.44 bits per heavy atom. The second kappa shape index (κ2) is 14.5. The molecule has 1 saturated heterocycles. The van der Waals surface area contributed by atoms with Gasteiger partial charge in [0, 0.05) is 40.3 Å². The third-order valence-electron chi connectivity index (χ3n) is 4.34. The van der Waals surface area contributed by atoms with E-state index in [1.807, 2.05) is 0 Å². The number of nitrogens with zero attached hydrogens (tertiary/aromatic N) is 3. The predicted octanol–water partition coefficient (Wildman–Crippen LogP) is 1.14. The van der Waals surface area contributed by atoms with Crippen LogP contribution < -0.4 is 10.6 Å². The molecule has 0 aromatic rings. The van der Waals surface area contributed by atoms with Crippen LogP contribution in [0.25, 0.3) is 0 Å². The zero-order valence-electron chi connectivity index (χ0n) is 16.2. The molecule has 0 radical (unpaired) electrons. The first-order chi connectivity index (χ1) is 11.5. The van der Waals surface area contributed by atoms with Crippen molar-refractivity contribution in [1.29, 1.82) is 0 Å². The summed E-state index contributed by atoms with van der Waals surface area (Å²) in [6.45, 7) is 6.98. The van der Waals surface area contributed by atoms with E-state index in [4.69, 9.17) is 4.74 Å². The number of piperidine rings is 1. The van der Waals surface area contributed by atoms with Gasteiger partial charge in [0.2, 0.25) is 5.91 Å². The maximum atomic E-state index is 11.7. The molecule has 1 aliphatic rings. The Balaban J connectivity index is 0.00000576. The number of guanidine groups is 1. The van der Waals surface area contributed by atoms with Crippen LogP contribution in [0.1, 0.15) is 32.6 Å². The van der Waals surface area contributed by atoms with Crippen LogP contribution in [0.4, 0.5) is 0 Å². The topological polar surface area (TPSA) is 69.2 Å². The molecule has 1 rings (SSSR count). The number of carbonyl (C=O) groups excluding carboxylic acids is 1. The molecule has 1 aliphatic heterocycles. The summed E-state index contributed by atoms with van der Waals surface area (Å²) >= 11 is 0. The molecule has 2 N–H and O–H groups in total. The summed E-state index contributed by atoms with van der Waals surface area (Å²) < 4.78 is 5.05. The fourth-order valence-electron chi connectivity index (χ4n) is 2.68. The van der Waals surface area contributed by atoms with Gasteiger partial charge in [-0.25, -0.2) is 4.99 Å². The Morgan fingerprint density at radius 2 is 1.84 bits per heavy atom. The number of nitrogens with one attached hydrogen (secondary N) is 2. The van der Waals surface area contributed by atoms with Gasteiger partial charge in [0.15, 0.2) is 5.96 Å². The molecule has 7 nitrogen and oxygen atoms in total. The number of carbonyl (C=O) groups is 1. The maximum Gasteiger partial charge on any atom is 0.243 e. The van der Waals surface area contributed by atoms with Gasteiger partial charge in [-0.05, 0) is 39.3 Å². The summed E-state index contributed by atoms with van der Waals surface area (Å²) in [4.78, 5) is 20.2. The number of ether oxygens (including phenoxy) is 1. The molecule has 1 fully saturated rings. The first kappa shape index (κ1) is 24.4. The number of rotatable bonds is 9. The summed E-state index contributed by atoms with van der Waals surface area (Å²) in [6, 6.07) is 0.571. The number of methoxy groups -OCH3 is 1. The highest BCUT2D eigenvalue weighted by Gasteiger charge is 2.16. The van der Waals surface area contributed by atoms with Crippen molar-refractivity contribution >= 4 is 35.8 Å². The predicted molar refractivity (Wildman–Crippen MR) is 114 cm³/mol. The van der Waals surface area contributed by atoms with Gasteiger partial charge in [-0.2, -0.15) is 0 Å². The third kappa shape index (κ3) is 10.9. The van der Waals surface area contributed by atoms with Crippen LogP contribution in [-0.4, -0.2) is 88.2 Å². The first-order valence-electron chi connectivity index (χ1n) is 9.00. The Morgan fingerprint density at radius 1 is 1.20 bits per heavy atom. The summed E-state index contributed by atoms with van der Waals surface area (Å²) in [7, 11) is 5.15. The lowest BCUT2D eigenvalue weighted by Gasteiger charge is -2.32. The van der Waals surface area contributed by atoms with Crippen LogP contribution in [-0.2, 0) is 9.53 Å². The van der Waals surface area contributed by atoms with Gasteiger partial charge in [0.05, 0.1) is 6.61 Å². The highest BCUT2D eigenvalue weighted by atomic mass is 127. The molecule has 0 aromatic heterocycles. The highest BCUT2D eigenvalue weighted by Crippen LogP contribution is 2.13. The lowest BCUT2D eigenvalue weighted by atomic mass is 10.1. The first-order valence-corrected chi connectivity index (χ1v) is 9.00. The van der Waals surface area contributed by atoms with Gasteiger partial charge in [-0.1, -0.05) is 6.42 Å². The van der Waals surface area contributed by atoms with Crippen LogP contribution in [0.15, 0.2) is 4.99 Å². The van der Waals surface area contributed by atoms with Crippen molar-refractivity contribution < 1.29 is 9.53 Å².